The van der Waals surface area contributed by atoms with Crippen LogP contribution in [0, 0.1) is 11.6 Å². The van der Waals surface area contributed by atoms with E-state index in [9.17, 15) is 8.78 Å². The van der Waals surface area contributed by atoms with Crippen LogP contribution in [-0.2, 0) is 25.4 Å². The Bertz CT molecular complexity index is 3310. The number of ether oxygens (including phenoxy) is 2. The Hall–Kier alpha value is -4.85. The molecule has 0 spiro atoms. The number of benzene rings is 8. The van der Waals surface area contributed by atoms with Gasteiger partial charge in [-0.25, -0.2) is 28.7 Å². The van der Waals surface area contributed by atoms with Crippen molar-refractivity contribution in [3.05, 3.63) is 268 Å². The summed E-state index contributed by atoms with van der Waals surface area (Å²) in [6, 6.07) is 73.7. The van der Waals surface area contributed by atoms with Crippen molar-refractivity contribution in [3.8, 4) is 0 Å². The molecule has 0 unspecified atom stereocenters. The second kappa shape index (κ2) is 42.3. The van der Waals surface area contributed by atoms with Gasteiger partial charge in [-0.05, 0) is 96.0 Å². The van der Waals surface area contributed by atoms with Crippen LogP contribution in [0.25, 0.3) is 27.6 Å². The number of rotatable bonds is 21. The molecule has 2 heterocycles. The molecule has 0 fully saturated rings. The maximum atomic E-state index is 13.6. The van der Waals surface area contributed by atoms with E-state index in [1.165, 1.54) is 99.6 Å². The molecule has 2 aromatic heterocycles. The van der Waals surface area contributed by atoms with E-state index >= 15 is 0 Å². The van der Waals surface area contributed by atoms with Gasteiger partial charge in [0.05, 0.1) is 6.61 Å². The fourth-order valence-corrected chi connectivity index (χ4v) is 29.5. The molecular weight excluding hydrogens is 1460 g/mol. The summed E-state index contributed by atoms with van der Waals surface area (Å²) in [5.74, 6) is -0.548. The predicted molar refractivity (Wildman–Crippen MR) is 382 cm³/mol. The van der Waals surface area contributed by atoms with Crippen LogP contribution in [0.2, 0.25) is 29.0 Å². The fraction of sp³-hybridized carbons (Fsp3) is 0.222. The minimum absolute atomic E-state index is 0.0292. The average Bonchev–Trinajstić information content (AvgIpc) is 2.56. The van der Waals surface area contributed by atoms with E-state index in [4.69, 9.17) is 63.3 Å². The molecule has 0 aliphatic heterocycles. The van der Waals surface area contributed by atoms with Gasteiger partial charge in [0.25, 0.3) is 0 Å². The summed E-state index contributed by atoms with van der Waals surface area (Å²) in [5, 5.41) is 9.47. The Morgan fingerprint density at radius 2 is 0.730 bits per heavy atom. The Balaban J connectivity index is 0.000000201. The molecule has 470 valence electrons. The molecule has 0 radical (unpaired) electrons. The van der Waals surface area contributed by atoms with E-state index in [-0.39, 0.29) is 42.7 Å². The van der Waals surface area contributed by atoms with Crippen molar-refractivity contribution in [2.45, 2.75) is 86.5 Å². The molecule has 8 aromatic carbocycles. The second-order valence-electron chi connectivity index (χ2n) is 19.9. The van der Waals surface area contributed by atoms with Crippen LogP contribution in [-0.4, -0.2) is 51.5 Å². The van der Waals surface area contributed by atoms with E-state index in [2.05, 4.69) is 243 Å². The van der Waals surface area contributed by atoms with E-state index in [1.807, 2.05) is 6.92 Å². The molecule has 0 N–H and O–H groups in total. The summed E-state index contributed by atoms with van der Waals surface area (Å²) in [6.07, 6.45) is 8.10. The third-order valence-corrected chi connectivity index (χ3v) is 34.4. The fourth-order valence-electron chi connectivity index (χ4n) is 9.62. The smallest absolute Gasteiger partial charge is 0.0134 e. The van der Waals surface area contributed by atoms with Crippen LogP contribution in [0.15, 0.2) is 235 Å². The molecule has 0 aliphatic carbocycles. The summed E-state index contributed by atoms with van der Waals surface area (Å²) in [4.78, 5) is 15.3. The number of fused-ring (bicyclic) bond motifs is 2. The third kappa shape index (κ3) is 24.3. The van der Waals surface area contributed by atoms with Gasteiger partial charge in [0, 0.05) is 10.8 Å². The summed E-state index contributed by atoms with van der Waals surface area (Å²) >= 11 is 14.7. The van der Waals surface area contributed by atoms with Crippen molar-refractivity contribution in [2.24, 2.45) is 0 Å². The van der Waals surface area contributed by atoms with Gasteiger partial charge in [-0.1, -0.05) is 218 Å². The van der Waals surface area contributed by atoms with E-state index in [0.29, 0.717) is 28.8 Å². The molecule has 0 saturated carbocycles. The van der Waals surface area contributed by atoms with Crippen molar-refractivity contribution < 1.29 is 34.2 Å². The maximum Gasteiger partial charge on any atom is -0.0134 e. The Morgan fingerprint density at radius 3 is 1.04 bits per heavy atom. The molecule has 17 heteroatoms. The largest absolute Gasteiger partial charge is 0.0622 e. The molecule has 0 aliphatic rings. The van der Waals surface area contributed by atoms with Gasteiger partial charge in [0.1, 0.15) is 39.3 Å². The molecule has 0 bridgehead atoms. The molecule has 0 amide bonds. The molecule has 10 aromatic rings. The topological polar surface area (TPSA) is 70.0 Å². The summed E-state index contributed by atoms with van der Waals surface area (Å²) in [7, 11) is 8.74. The van der Waals surface area contributed by atoms with Crippen LogP contribution in [0.3, 0.4) is 0 Å². The molecule has 89 heavy (non-hydrogen) atoms. The zero-order valence-corrected chi connectivity index (χ0v) is 60.9. The summed E-state index contributed by atoms with van der Waals surface area (Å²) in [6.45, 7) is 20.2. The van der Waals surface area contributed by atoms with E-state index in [0.717, 1.165) is 6.61 Å². The zero-order valence-electron chi connectivity index (χ0n) is 50.9. The Kier molecular flexibility index (Phi) is 35.6. The Labute approximate surface area is 564 Å². The number of halogens is 7. The van der Waals surface area contributed by atoms with Gasteiger partial charge >= 0.3 is 155 Å². The average molecular weight is 1530 g/mol. The minimum atomic E-state index is -2.24. The molecule has 6 nitrogen and oxygen atoms in total. The predicted octanol–water partition coefficient (Wildman–Crippen LogP) is 20.7. The number of hydrogen-bond donors (Lipinski definition) is 0. The van der Waals surface area contributed by atoms with Crippen LogP contribution in [0.1, 0.15) is 78.8 Å². The first-order valence-corrected chi connectivity index (χ1v) is 44.9. The molecular formula is C72H77Cl5F2N4O2P2PdSn. The van der Waals surface area contributed by atoms with Crippen molar-refractivity contribution in [2.75, 3.05) is 13.2 Å². The second-order valence-corrected chi connectivity index (χ2v) is 40.9. The Morgan fingerprint density at radius 1 is 0.427 bits per heavy atom. The number of hydrogen-bond acceptors (Lipinski definition) is 6. The monoisotopic (exact) mass is 1530 g/mol. The molecule has 0 atom stereocenters. The standard InChI is InChI=1S/2C18H15P.C12H10ClFN2O.C8H3Cl2FN2.C4H7O.3C4H9.2ClH.Pd.Sn/c2*1-4-10-16(11-5-1)19(17-12-6-2-7-13-17)18-14-8-3-9-15-18;1-3-17-7(2)10-8-5-4-6-9(14)11(8)16-12(13)15-10;9-7-4-2-1-3-5(11)6(4)12-8(10)13-7;1-3-5-4-2;3*1-3-4-2;;;;/h2*1-15H;4-6H,2-3H2,1H3;1-3H;1,4H2,2H3;3*1,3-4H2,2H3;2*1H;;/q;;;;;;;;;;+2;/p-2. The van der Waals surface area contributed by atoms with Gasteiger partial charge in [-0.15, -0.1) is 0 Å². The van der Waals surface area contributed by atoms with Crippen LogP contribution >= 0.6 is 69.7 Å². The minimum Gasteiger partial charge on any atom is -0.0622 e. The summed E-state index contributed by atoms with van der Waals surface area (Å²) < 4.78 is 43.5. The van der Waals surface area contributed by atoms with Crippen molar-refractivity contribution in [1.82, 2.24) is 19.9 Å². The van der Waals surface area contributed by atoms with Gasteiger partial charge in [0.15, 0.2) is 0 Å². The molecule has 0 saturated heterocycles. The number of para-hydroxylation sites is 2. The van der Waals surface area contributed by atoms with Crippen LogP contribution < -0.4 is 31.8 Å². The maximum absolute atomic E-state index is 13.6. The van der Waals surface area contributed by atoms with Gasteiger partial charge in [-0.2, -0.15) is 0 Å². The number of aromatic nitrogens is 4. The first-order chi connectivity index (χ1) is 43.3. The zero-order chi connectivity index (χ0) is 64.2. The number of nitrogens with zero attached hydrogens (tertiary/aromatic N) is 4. The van der Waals surface area contributed by atoms with Crippen molar-refractivity contribution in [1.29, 1.82) is 0 Å². The van der Waals surface area contributed by atoms with Gasteiger partial charge in [0.2, 0.25) is 10.6 Å². The third-order valence-electron chi connectivity index (χ3n) is 13.9. The first-order valence-electron chi connectivity index (χ1n) is 29.6. The van der Waals surface area contributed by atoms with Crippen LogP contribution in [0.4, 0.5) is 8.78 Å². The van der Waals surface area contributed by atoms with Crippen molar-refractivity contribution in [3.63, 3.8) is 0 Å². The van der Waals surface area contributed by atoms with E-state index in [1.54, 1.807) is 24.3 Å². The quantitative estimate of drug-likeness (QED) is 0.0235. The normalized spacial score (nSPS) is 10.7. The van der Waals surface area contributed by atoms with Crippen molar-refractivity contribution >= 4 is 147 Å². The molecule has 10 rings (SSSR count). The number of unbranched alkanes of at least 4 members (excludes halogenated alkanes) is 3. The first kappa shape index (κ1) is 74.9. The van der Waals surface area contributed by atoms with Gasteiger partial charge < -0.3 is 4.74 Å². The summed E-state index contributed by atoms with van der Waals surface area (Å²) in [5.41, 5.74) is 0.734. The van der Waals surface area contributed by atoms with E-state index < -0.39 is 45.9 Å². The SMILES string of the molecule is C=C(OCC)c1nc(Cl)nc2c(F)cccc12.C=[C](OCC)[Sn]([CH2]CCC)([CH2]CCC)[CH2]CCC.Fc1cccc2c(Cl)nc(Cl)nc12.[Cl][Pd][Cl].c1ccc(P(c2ccccc2)c2ccccc2)cc1.c1ccc(P(c2ccccc2)c2ccccc2)cc1. The van der Waals surface area contributed by atoms with Crippen LogP contribution in [0.5, 0.6) is 0 Å². The van der Waals surface area contributed by atoms with Gasteiger partial charge in [-0.3, -0.25) is 0 Å².